The van der Waals surface area contributed by atoms with Gasteiger partial charge in [-0.3, -0.25) is 9.59 Å². The standard InChI is InChI=1S/C21H26N4O3/c1-2-28-20(27)21(11-6-10-18-8-4-3-5-9-18)12-7-13-24(15-21)19(26)14-25-17-22-16-23-25/h3-6,8-10,16-17H,2,7,11-15H2,1H3/b10-6+/t21-/m0/s1. The van der Waals surface area contributed by atoms with Gasteiger partial charge < -0.3 is 9.64 Å². The SMILES string of the molecule is CCOC(=O)[C@@]1(C/C=C/c2ccccc2)CCCN(C(=O)Cn2cncn2)C1. The molecule has 1 atom stereocenters. The lowest BCUT2D eigenvalue weighted by atomic mass is 9.76. The summed E-state index contributed by atoms with van der Waals surface area (Å²) < 4.78 is 6.88. The highest BCUT2D eigenvalue weighted by molar-refractivity contribution is 5.81. The van der Waals surface area contributed by atoms with Gasteiger partial charge in [-0.05, 0) is 31.7 Å². The predicted octanol–water partition coefficient (Wildman–Crippen LogP) is 2.55. The molecule has 1 aromatic carbocycles. The molecule has 0 spiro atoms. The van der Waals surface area contributed by atoms with Crippen LogP contribution in [0.15, 0.2) is 49.1 Å². The molecule has 1 aliphatic heterocycles. The zero-order valence-corrected chi connectivity index (χ0v) is 16.2. The Hall–Kier alpha value is -2.96. The molecule has 1 saturated heterocycles. The summed E-state index contributed by atoms with van der Waals surface area (Å²) in [6.45, 7) is 3.26. The number of carbonyl (C=O) groups excluding carboxylic acids is 2. The molecule has 0 radical (unpaired) electrons. The molecule has 0 saturated carbocycles. The number of rotatable bonds is 7. The Morgan fingerprint density at radius 1 is 1.29 bits per heavy atom. The summed E-state index contributed by atoms with van der Waals surface area (Å²) >= 11 is 0. The van der Waals surface area contributed by atoms with Gasteiger partial charge in [0.05, 0.1) is 12.0 Å². The Morgan fingerprint density at radius 3 is 2.82 bits per heavy atom. The number of benzene rings is 1. The Kier molecular flexibility index (Phi) is 6.57. The molecular formula is C21H26N4O3. The zero-order chi connectivity index (χ0) is 19.8. The van der Waals surface area contributed by atoms with Gasteiger partial charge in [0.2, 0.25) is 5.91 Å². The van der Waals surface area contributed by atoms with E-state index in [9.17, 15) is 9.59 Å². The van der Waals surface area contributed by atoms with Crippen LogP contribution in [0.1, 0.15) is 31.7 Å². The molecule has 7 heteroatoms. The normalized spacial score (nSPS) is 19.7. The number of esters is 1. The fourth-order valence-corrected chi connectivity index (χ4v) is 3.58. The van der Waals surface area contributed by atoms with Gasteiger partial charge in [0.15, 0.2) is 0 Å². The van der Waals surface area contributed by atoms with E-state index < -0.39 is 5.41 Å². The molecule has 2 heterocycles. The molecule has 3 rings (SSSR count). The second-order valence-electron chi connectivity index (χ2n) is 7.03. The highest BCUT2D eigenvalue weighted by atomic mass is 16.5. The first-order valence-electron chi connectivity index (χ1n) is 9.62. The lowest BCUT2D eigenvalue weighted by molar-refractivity contribution is -0.160. The summed E-state index contributed by atoms with van der Waals surface area (Å²) in [5, 5.41) is 3.99. The number of piperidine rings is 1. The van der Waals surface area contributed by atoms with E-state index in [2.05, 4.69) is 10.1 Å². The molecule has 0 N–H and O–H groups in total. The molecule has 148 valence electrons. The second-order valence-corrected chi connectivity index (χ2v) is 7.03. The summed E-state index contributed by atoms with van der Waals surface area (Å²) in [7, 11) is 0. The second kappa shape index (κ2) is 9.30. The fraction of sp³-hybridized carbons (Fsp3) is 0.429. The smallest absolute Gasteiger partial charge is 0.314 e. The molecule has 0 bridgehead atoms. The molecular weight excluding hydrogens is 356 g/mol. The largest absolute Gasteiger partial charge is 0.466 e. The summed E-state index contributed by atoms with van der Waals surface area (Å²) in [6, 6.07) is 9.96. The number of ether oxygens (including phenoxy) is 1. The average molecular weight is 382 g/mol. The molecule has 1 aromatic heterocycles. The number of aromatic nitrogens is 3. The summed E-state index contributed by atoms with van der Waals surface area (Å²) in [5.41, 5.74) is 0.369. The maximum atomic E-state index is 12.8. The topological polar surface area (TPSA) is 77.3 Å². The van der Waals surface area contributed by atoms with Gasteiger partial charge in [-0.25, -0.2) is 9.67 Å². The van der Waals surface area contributed by atoms with Crippen molar-refractivity contribution in [2.24, 2.45) is 5.41 Å². The quantitative estimate of drug-likeness (QED) is 0.688. The van der Waals surface area contributed by atoms with Crippen molar-refractivity contribution in [2.45, 2.75) is 32.7 Å². The molecule has 7 nitrogen and oxygen atoms in total. The van der Waals surface area contributed by atoms with Crippen LogP contribution >= 0.6 is 0 Å². The van der Waals surface area contributed by atoms with Crippen LogP contribution in [0.4, 0.5) is 0 Å². The monoisotopic (exact) mass is 382 g/mol. The number of carbonyl (C=O) groups is 2. The fourth-order valence-electron chi connectivity index (χ4n) is 3.58. The lowest BCUT2D eigenvalue weighted by Crippen LogP contribution is -2.51. The summed E-state index contributed by atoms with van der Waals surface area (Å²) in [5.74, 6) is -0.295. The van der Waals surface area contributed by atoms with Gasteiger partial charge in [-0.1, -0.05) is 42.5 Å². The van der Waals surface area contributed by atoms with Crippen molar-refractivity contribution in [3.8, 4) is 0 Å². The molecule has 1 fully saturated rings. The van der Waals surface area contributed by atoms with Gasteiger partial charge in [0, 0.05) is 13.1 Å². The predicted molar refractivity (Wildman–Crippen MR) is 105 cm³/mol. The number of nitrogens with zero attached hydrogens (tertiary/aromatic N) is 4. The first-order valence-corrected chi connectivity index (χ1v) is 9.62. The van der Waals surface area contributed by atoms with Crippen molar-refractivity contribution < 1.29 is 14.3 Å². The van der Waals surface area contributed by atoms with Crippen molar-refractivity contribution in [3.05, 3.63) is 54.6 Å². The van der Waals surface area contributed by atoms with Crippen LogP contribution in [0, 0.1) is 5.41 Å². The van der Waals surface area contributed by atoms with Crippen LogP contribution in [-0.2, 0) is 20.9 Å². The van der Waals surface area contributed by atoms with Gasteiger partial charge in [0.1, 0.15) is 19.2 Å². The van der Waals surface area contributed by atoms with Crippen molar-refractivity contribution in [1.82, 2.24) is 19.7 Å². The van der Waals surface area contributed by atoms with E-state index in [0.29, 0.717) is 32.5 Å². The summed E-state index contributed by atoms with van der Waals surface area (Å²) in [6.07, 6.45) is 8.95. The van der Waals surface area contributed by atoms with Crippen LogP contribution in [0.5, 0.6) is 0 Å². The van der Waals surface area contributed by atoms with Crippen molar-refractivity contribution in [3.63, 3.8) is 0 Å². The van der Waals surface area contributed by atoms with Crippen LogP contribution in [0.25, 0.3) is 6.08 Å². The van der Waals surface area contributed by atoms with Crippen LogP contribution < -0.4 is 0 Å². The molecule has 1 amide bonds. The number of likely N-dealkylation sites (tertiary alicyclic amines) is 1. The third-order valence-electron chi connectivity index (χ3n) is 5.02. The minimum absolute atomic E-state index is 0.0640. The van der Waals surface area contributed by atoms with Gasteiger partial charge in [0.25, 0.3) is 0 Å². The molecule has 0 aliphatic carbocycles. The highest BCUT2D eigenvalue weighted by Gasteiger charge is 2.43. The Bertz CT molecular complexity index is 804. The van der Waals surface area contributed by atoms with Crippen LogP contribution in [0.2, 0.25) is 0 Å². The number of amides is 1. The zero-order valence-electron chi connectivity index (χ0n) is 16.2. The Labute approximate surface area is 165 Å². The molecule has 0 unspecified atom stereocenters. The van der Waals surface area contributed by atoms with E-state index in [-0.39, 0.29) is 18.4 Å². The van der Waals surface area contributed by atoms with Gasteiger partial charge >= 0.3 is 5.97 Å². The van der Waals surface area contributed by atoms with Crippen LogP contribution in [0.3, 0.4) is 0 Å². The van der Waals surface area contributed by atoms with Crippen molar-refractivity contribution in [2.75, 3.05) is 19.7 Å². The number of hydrogen-bond acceptors (Lipinski definition) is 5. The van der Waals surface area contributed by atoms with E-state index in [1.165, 1.54) is 17.3 Å². The first kappa shape index (κ1) is 19.8. The maximum Gasteiger partial charge on any atom is 0.314 e. The first-order chi connectivity index (χ1) is 13.6. The van der Waals surface area contributed by atoms with Crippen LogP contribution in [-0.4, -0.2) is 51.2 Å². The van der Waals surface area contributed by atoms with E-state index in [1.54, 1.807) is 4.90 Å². The Balaban J connectivity index is 1.73. The van der Waals surface area contributed by atoms with Crippen molar-refractivity contribution >= 4 is 18.0 Å². The van der Waals surface area contributed by atoms with E-state index in [0.717, 1.165) is 12.0 Å². The van der Waals surface area contributed by atoms with Gasteiger partial charge in [-0.15, -0.1) is 0 Å². The van der Waals surface area contributed by atoms with Gasteiger partial charge in [-0.2, -0.15) is 5.10 Å². The lowest BCUT2D eigenvalue weighted by Gasteiger charge is -2.40. The number of hydrogen-bond donors (Lipinski definition) is 0. The third-order valence-corrected chi connectivity index (χ3v) is 5.02. The van der Waals surface area contributed by atoms with E-state index in [4.69, 9.17) is 4.74 Å². The summed E-state index contributed by atoms with van der Waals surface area (Å²) in [4.78, 5) is 31.1. The maximum absolute atomic E-state index is 12.8. The van der Waals surface area contributed by atoms with E-state index >= 15 is 0 Å². The number of allylic oxidation sites excluding steroid dienone is 1. The average Bonchev–Trinajstić information content (AvgIpc) is 3.22. The van der Waals surface area contributed by atoms with Crippen molar-refractivity contribution in [1.29, 1.82) is 0 Å². The molecule has 1 aliphatic rings. The Morgan fingerprint density at radius 2 is 2.11 bits per heavy atom. The highest BCUT2D eigenvalue weighted by Crippen LogP contribution is 2.36. The van der Waals surface area contributed by atoms with E-state index in [1.807, 2.05) is 49.4 Å². The minimum atomic E-state index is -0.711. The molecule has 2 aromatic rings. The minimum Gasteiger partial charge on any atom is -0.466 e. The molecule has 28 heavy (non-hydrogen) atoms. The third kappa shape index (κ3) is 4.85.